The Kier molecular flexibility index (Phi) is 5.31. The van der Waals surface area contributed by atoms with E-state index in [-0.39, 0.29) is 31.3 Å². The molecule has 0 saturated carbocycles. The number of rotatable bonds is 3. The highest BCUT2D eigenvalue weighted by atomic mass is 79.9. The molecular formula is C14H8BrCl2F3N2O. The van der Waals surface area contributed by atoms with Gasteiger partial charge in [-0.05, 0) is 34.1 Å². The van der Waals surface area contributed by atoms with Gasteiger partial charge < -0.3 is 9.30 Å². The first-order valence-corrected chi connectivity index (χ1v) is 7.60. The predicted octanol–water partition coefficient (Wildman–Crippen LogP) is 5.72. The van der Waals surface area contributed by atoms with E-state index >= 15 is 0 Å². The SMILES string of the molecule is COCn1c(-c2cc(Cl)cc(Cl)c2)c(C#N)c(Br)c1C(F)(F)F. The maximum absolute atomic E-state index is 13.4. The molecule has 9 heteroatoms. The molecule has 1 aromatic heterocycles. The average molecular weight is 428 g/mol. The molecule has 2 rings (SSSR count). The lowest BCUT2D eigenvalue weighted by Gasteiger charge is -2.15. The van der Waals surface area contributed by atoms with Crippen molar-refractivity contribution in [3.05, 3.63) is 44.0 Å². The summed E-state index contributed by atoms with van der Waals surface area (Å²) in [6.45, 7) is -0.394. The summed E-state index contributed by atoms with van der Waals surface area (Å²) < 4.78 is 45.5. The molecule has 1 heterocycles. The van der Waals surface area contributed by atoms with Gasteiger partial charge in [-0.3, -0.25) is 0 Å². The second-order valence-electron chi connectivity index (χ2n) is 4.50. The first-order chi connectivity index (χ1) is 10.7. The van der Waals surface area contributed by atoms with E-state index < -0.39 is 18.6 Å². The van der Waals surface area contributed by atoms with E-state index in [1.165, 1.54) is 25.3 Å². The number of nitrogens with zero attached hydrogens (tertiary/aromatic N) is 2. The number of benzene rings is 1. The molecule has 0 atom stereocenters. The van der Waals surface area contributed by atoms with Crippen molar-refractivity contribution in [1.29, 1.82) is 5.26 Å². The highest BCUT2D eigenvalue weighted by Crippen LogP contribution is 2.43. The van der Waals surface area contributed by atoms with Gasteiger partial charge in [-0.15, -0.1) is 0 Å². The monoisotopic (exact) mass is 426 g/mol. The Hall–Kier alpha value is -1.20. The second kappa shape index (κ2) is 6.73. The van der Waals surface area contributed by atoms with Crippen molar-refractivity contribution < 1.29 is 17.9 Å². The highest BCUT2D eigenvalue weighted by molar-refractivity contribution is 9.10. The summed E-state index contributed by atoms with van der Waals surface area (Å²) in [6, 6.07) is 6.10. The van der Waals surface area contributed by atoms with Crippen LogP contribution >= 0.6 is 39.1 Å². The summed E-state index contributed by atoms with van der Waals surface area (Å²) in [5.41, 5.74) is -0.875. The molecule has 2 aromatic rings. The second-order valence-corrected chi connectivity index (χ2v) is 6.17. The summed E-state index contributed by atoms with van der Waals surface area (Å²) in [4.78, 5) is 0. The Labute approximate surface area is 148 Å². The van der Waals surface area contributed by atoms with Crippen molar-refractivity contribution in [1.82, 2.24) is 4.57 Å². The third-order valence-corrected chi connectivity index (χ3v) is 4.19. The quantitative estimate of drug-likeness (QED) is 0.628. The molecule has 1 aromatic carbocycles. The molecule has 23 heavy (non-hydrogen) atoms. The van der Waals surface area contributed by atoms with Gasteiger partial charge in [0.1, 0.15) is 18.5 Å². The molecule has 0 unspecified atom stereocenters. The van der Waals surface area contributed by atoms with Crippen molar-refractivity contribution in [3.63, 3.8) is 0 Å². The lowest BCUT2D eigenvalue weighted by molar-refractivity contribution is -0.146. The molecule has 122 valence electrons. The van der Waals surface area contributed by atoms with Crippen LogP contribution in [0.4, 0.5) is 13.2 Å². The zero-order valence-electron chi connectivity index (χ0n) is 11.5. The summed E-state index contributed by atoms with van der Waals surface area (Å²) in [6.07, 6.45) is -4.68. The molecule has 0 amide bonds. The molecule has 0 fully saturated rings. The van der Waals surface area contributed by atoms with Crippen molar-refractivity contribution in [2.24, 2.45) is 0 Å². The van der Waals surface area contributed by atoms with Crippen molar-refractivity contribution in [2.45, 2.75) is 12.9 Å². The van der Waals surface area contributed by atoms with Crippen molar-refractivity contribution >= 4 is 39.1 Å². The van der Waals surface area contributed by atoms with Crippen LogP contribution in [0.2, 0.25) is 10.0 Å². The molecule has 0 saturated heterocycles. The predicted molar refractivity (Wildman–Crippen MR) is 84.3 cm³/mol. The zero-order valence-corrected chi connectivity index (χ0v) is 14.6. The van der Waals surface area contributed by atoms with Gasteiger partial charge in [-0.1, -0.05) is 23.2 Å². The fourth-order valence-electron chi connectivity index (χ4n) is 2.22. The number of nitriles is 1. The van der Waals surface area contributed by atoms with Gasteiger partial charge in [-0.2, -0.15) is 18.4 Å². The van der Waals surface area contributed by atoms with Gasteiger partial charge >= 0.3 is 6.18 Å². The first kappa shape index (κ1) is 18.1. The van der Waals surface area contributed by atoms with E-state index in [0.717, 1.165) is 4.57 Å². The maximum Gasteiger partial charge on any atom is 0.432 e. The summed E-state index contributed by atoms with van der Waals surface area (Å²) in [5, 5.41) is 9.79. The number of alkyl halides is 3. The standard InChI is InChI=1S/C14H8BrCl2F3N2O/c1-23-6-22-12(7-2-8(16)4-9(17)3-7)10(5-21)11(15)13(22)14(18,19)20/h2-4H,6H2,1H3. The average Bonchev–Trinajstić information content (AvgIpc) is 2.69. The maximum atomic E-state index is 13.4. The topological polar surface area (TPSA) is 38.0 Å². The Morgan fingerprint density at radius 3 is 2.26 bits per heavy atom. The van der Waals surface area contributed by atoms with Crippen LogP contribution in [0.15, 0.2) is 22.7 Å². The van der Waals surface area contributed by atoms with Crippen LogP contribution in [-0.4, -0.2) is 11.7 Å². The summed E-state index contributed by atoms with van der Waals surface area (Å²) >= 11 is 14.7. The van der Waals surface area contributed by atoms with Gasteiger partial charge in [0.25, 0.3) is 0 Å². The van der Waals surface area contributed by atoms with Crippen LogP contribution in [0.1, 0.15) is 11.3 Å². The van der Waals surface area contributed by atoms with Crippen molar-refractivity contribution in [2.75, 3.05) is 7.11 Å². The van der Waals surface area contributed by atoms with E-state index in [4.69, 9.17) is 27.9 Å². The van der Waals surface area contributed by atoms with E-state index in [1.54, 1.807) is 6.07 Å². The molecule has 3 nitrogen and oxygen atoms in total. The van der Waals surface area contributed by atoms with E-state index in [2.05, 4.69) is 15.9 Å². The lowest BCUT2D eigenvalue weighted by Crippen LogP contribution is -2.15. The fourth-order valence-corrected chi connectivity index (χ4v) is 3.46. The number of hydrogen-bond acceptors (Lipinski definition) is 2. The van der Waals surface area contributed by atoms with Gasteiger partial charge in [0.05, 0.1) is 15.7 Å². The summed E-state index contributed by atoms with van der Waals surface area (Å²) in [5.74, 6) is 0. The first-order valence-electron chi connectivity index (χ1n) is 6.05. The van der Waals surface area contributed by atoms with E-state index in [0.29, 0.717) is 0 Å². The molecule has 0 N–H and O–H groups in total. The van der Waals surface area contributed by atoms with Crippen LogP contribution in [0.5, 0.6) is 0 Å². The molecule has 0 aliphatic heterocycles. The highest BCUT2D eigenvalue weighted by Gasteiger charge is 2.40. The smallest absolute Gasteiger partial charge is 0.364 e. The Morgan fingerprint density at radius 2 is 1.83 bits per heavy atom. The minimum Gasteiger partial charge on any atom is -0.364 e. The van der Waals surface area contributed by atoms with Crippen LogP contribution in [0, 0.1) is 11.3 Å². The number of methoxy groups -OCH3 is 1. The largest absolute Gasteiger partial charge is 0.432 e. The van der Waals surface area contributed by atoms with Crippen LogP contribution in [-0.2, 0) is 17.6 Å². The number of ether oxygens (including phenoxy) is 1. The third kappa shape index (κ3) is 3.50. The molecular weight excluding hydrogens is 420 g/mol. The van der Waals surface area contributed by atoms with Gasteiger partial charge in [0.15, 0.2) is 0 Å². The molecule has 0 aliphatic carbocycles. The zero-order chi connectivity index (χ0) is 17.4. The minimum absolute atomic E-state index is 0.0259. The minimum atomic E-state index is -4.68. The van der Waals surface area contributed by atoms with E-state index in [1.807, 2.05) is 0 Å². The number of hydrogen-bond donors (Lipinski definition) is 0. The Bertz CT molecular complexity index is 777. The molecule has 0 radical (unpaired) electrons. The van der Waals surface area contributed by atoms with Gasteiger partial charge in [0, 0.05) is 22.7 Å². The number of aromatic nitrogens is 1. The lowest BCUT2D eigenvalue weighted by atomic mass is 10.1. The van der Waals surface area contributed by atoms with Crippen LogP contribution < -0.4 is 0 Å². The Morgan fingerprint density at radius 1 is 1.26 bits per heavy atom. The summed E-state index contributed by atoms with van der Waals surface area (Å²) in [7, 11) is 1.26. The van der Waals surface area contributed by atoms with E-state index in [9.17, 15) is 18.4 Å². The third-order valence-electron chi connectivity index (χ3n) is 2.98. The van der Waals surface area contributed by atoms with Crippen LogP contribution in [0.25, 0.3) is 11.3 Å². The van der Waals surface area contributed by atoms with Crippen LogP contribution in [0.3, 0.4) is 0 Å². The van der Waals surface area contributed by atoms with Gasteiger partial charge in [0.2, 0.25) is 0 Å². The Balaban J connectivity index is 2.89. The molecule has 0 bridgehead atoms. The fraction of sp³-hybridized carbons (Fsp3) is 0.214. The van der Waals surface area contributed by atoms with Crippen molar-refractivity contribution in [3.8, 4) is 17.3 Å². The molecule has 0 spiro atoms. The normalized spacial score (nSPS) is 11.6. The number of halogens is 6. The molecule has 0 aliphatic rings. The van der Waals surface area contributed by atoms with Gasteiger partial charge in [-0.25, -0.2) is 0 Å².